The lowest BCUT2D eigenvalue weighted by molar-refractivity contribution is 1.18. The van der Waals surface area contributed by atoms with Crippen molar-refractivity contribution in [2.24, 2.45) is 0 Å². The molecule has 0 saturated carbocycles. The number of anilines is 3. The Morgan fingerprint density at radius 3 is 1.39 bits per heavy atom. The van der Waals surface area contributed by atoms with Crippen LogP contribution in [0.25, 0.3) is 72.0 Å². The monoisotopic (exact) mass is 714 g/mol. The molecule has 0 fully saturated rings. The van der Waals surface area contributed by atoms with Gasteiger partial charge in [0, 0.05) is 27.8 Å². The van der Waals surface area contributed by atoms with Gasteiger partial charge in [-0.25, -0.2) is 0 Å². The number of rotatable bonds is 8. The van der Waals surface area contributed by atoms with Crippen molar-refractivity contribution in [3.8, 4) is 50.2 Å². The summed E-state index contributed by atoms with van der Waals surface area (Å²) in [5.74, 6) is 0. The minimum Gasteiger partial charge on any atom is -0.310 e. The van der Waals surface area contributed by atoms with Gasteiger partial charge in [0.25, 0.3) is 0 Å². The van der Waals surface area contributed by atoms with Gasteiger partial charge < -0.3 is 9.47 Å². The fourth-order valence-electron chi connectivity index (χ4n) is 8.28. The van der Waals surface area contributed by atoms with Crippen molar-refractivity contribution in [2.45, 2.75) is 0 Å². The summed E-state index contributed by atoms with van der Waals surface area (Å²) in [5, 5.41) is 2.42. The topological polar surface area (TPSA) is 8.17 Å². The summed E-state index contributed by atoms with van der Waals surface area (Å²) < 4.78 is 2.39. The highest BCUT2D eigenvalue weighted by Gasteiger charge is 2.22. The minimum absolute atomic E-state index is 1.09. The van der Waals surface area contributed by atoms with E-state index in [-0.39, 0.29) is 0 Å². The van der Waals surface area contributed by atoms with Gasteiger partial charge in [0.1, 0.15) is 0 Å². The molecule has 56 heavy (non-hydrogen) atoms. The molecule has 0 bridgehead atoms. The van der Waals surface area contributed by atoms with Crippen molar-refractivity contribution >= 4 is 38.9 Å². The molecule has 0 spiro atoms. The van der Waals surface area contributed by atoms with Crippen molar-refractivity contribution in [3.05, 3.63) is 231 Å². The average molecular weight is 715 g/mol. The van der Waals surface area contributed by atoms with Crippen LogP contribution in [0.2, 0.25) is 0 Å². The van der Waals surface area contributed by atoms with Gasteiger partial charge in [-0.15, -0.1) is 0 Å². The highest BCUT2D eigenvalue weighted by atomic mass is 15.1. The van der Waals surface area contributed by atoms with Gasteiger partial charge in [0.05, 0.1) is 16.7 Å². The maximum Gasteiger partial charge on any atom is 0.0562 e. The van der Waals surface area contributed by atoms with E-state index in [2.05, 4.69) is 240 Å². The van der Waals surface area contributed by atoms with Crippen LogP contribution in [-0.2, 0) is 0 Å². The van der Waals surface area contributed by atoms with E-state index in [1.54, 1.807) is 0 Å². The molecule has 10 aromatic rings. The number of aromatic nitrogens is 1. The van der Waals surface area contributed by atoms with Crippen LogP contribution in [0.3, 0.4) is 0 Å². The molecule has 0 amide bonds. The number of hydrogen-bond donors (Lipinski definition) is 0. The summed E-state index contributed by atoms with van der Waals surface area (Å²) >= 11 is 0. The third-order valence-electron chi connectivity index (χ3n) is 10.8. The molecular formula is C54H38N2. The number of para-hydroxylation sites is 2. The Labute approximate surface area is 327 Å². The van der Waals surface area contributed by atoms with E-state index in [0.717, 1.165) is 22.7 Å². The van der Waals surface area contributed by atoms with Crippen LogP contribution in [0.4, 0.5) is 17.1 Å². The van der Waals surface area contributed by atoms with Crippen LogP contribution >= 0.6 is 0 Å². The molecule has 1 heterocycles. The van der Waals surface area contributed by atoms with E-state index in [4.69, 9.17) is 0 Å². The lowest BCUT2D eigenvalue weighted by atomic mass is 9.94. The minimum atomic E-state index is 1.09. The molecule has 0 aliphatic heterocycles. The van der Waals surface area contributed by atoms with E-state index in [1.165, 1.54) is 66.3 Å². The van der Waals surface area contributed by atoms with Crippen molar-refractivity contribution < 1.29 is 0 Å². The molecule has 0 N–H and O–H groups in total. The molecule has 10 rings (SSSR count). The first-order valence-corrected chi connectivity index (χ1v) is 19.2. The van der Waals surface area contributed by atoms with Crippen LogP contribution in [0, 0.1) is 0 Å². The Kier molecular flexibility index (Phi) is 8.55. The van der Waals surface area contributed by atoms with Gasteiger partial charge in [-0.05, 0) is 99.1 Å². The second kappa shape index (κ2) is 14.4. The lowest BCUT2D eigenvalue weighted by Crippen LogP contribution is -2.10. The highest BCUT2D eigenvalue weighted by Crippen LogP contribution is 2.45. The first-order valence-electron chi connectivity index (χ1n) is 19.2. The van der Waals surface area contributed by atoms with Crippen molar-refractivity contribution in [3.63, 3.8) is 0 Å². The van der Waals surface area contributed by atoms with Crippen molar-refractivity contribution in [1.29, 1.82) is 0 Å². The molecule has 0 aliphatic rings. The van der Waals surface area contributed by atoms with Gasteiger partial charge in [-0.1, -0.05) is 176 Å². The molecule has 2 heteroatoms. The normalized spacial score (nSPS) is 11.2. The molecule has 0 radical (unpaired) electrons. The summed E-state index contributed by atoms with van der Waals surface area (Å²) in [5.41, 5.74) is 16.4. The van der Waals surface area contributed by atoms with E-state index >= 15 is 0 Å². The fraction of sp³-hybridized carbons (Fsp3) is 0. The Balaban J connectivity index is 1.18. The molecule has 0 unspecified atom stereocenters. The molecule has 0 atom stereocenters. The van der Waals surface area contributed by atoms with Gasteiger partial charge in [-0.2, -0.15) is 0 Å². The zero-order valence-electron chi connectivity index (χ0n) is 30.8. The van der Waals surface area contributed by atoms with Crippen LogP contribution in [-0.4, -0.2) is 4.57 Å². The number of nitrogens with zero attached hydrogens (tertiary/aromatic N) is 2. The highest BCUT2D eigenvalue weighted by molar-refractivity contribution is 6.16. The van der Waals surface area contributed by atoms with Crippen LogP contribution in [0.5, 0.6) is 0 Å². The number of benzene rings is 9. The first-order chi connectivity index (χ1) is 27.8. The Bertz CT molecular complexity index is 2940. The zero-order valence-corrected chi connectivity index (χ0v) is 30.8. The van der Waals surface area contributed by atoms with Crippen LogP contribution in [0.1, 0.15) is 0 Å². The van der Waals surface area contributed by atoms with Crippen molar-refractivity contribution in [2.75, 3.05) is 4.90 Å². The standard InChI is InChI=1S/C54H38N2/c1-4-18-39(19-5-1)46-26-10-11-28-48(46)41-34-36-44(37-35-41)55(45-25-16-22-42(38-45)49-29-13-12-27-47(49)40-20-6-2-7-21-40)52-32-17-33-53-54(52)50-30-14-15-31-51(50)56(53)43-23-8-3-9-24-43/h1-38H. The van der Waals surface area contributed by atoms with Gasteiger partial charge in [-0.3, -0.25) is 0 Å². The molecule has 0 saturated heterocycles. The quantitative estimate of drug-likeness (QED) is 0.152. The van der Waals surface area contributed by atoms with E-state index in [0.29, 0.717) is 0 Å². The van der Waals surface area contributed by atoms with E-state index in [9.17, 15) is 0 Å². The molecule has 264 valence electrons. The SMILES string of the molecule is c1ccc(-c2ccccc2-c2ccc(N(c3cccc(-c4ccccc4-c4ccccc4)c3)c3cccc4c3c3ccccc3n4-c3ccccc3)cc2)cc1. The number of fused-ring (bicyclic) bond motifs is 3. The maximum absolute atomic E-state index is 2.44. The Morgan fingerprint density at radius 1 is 0.304 bits per heavy atom. The summed E-state index contributed by atoms with van der Waals surface area (Å²) in [6.45, 7) is 0. The summed E-state index contributed by atoms with van der Waals surface area (Å²) in [6, 6.07) is 83.0. The largest absolute Gasteiger partial charge is 0.310 e. The van der Waals surface area contributed by atoms with Gasteiger partial charge in [0.2, 0.25) is 0 Å². The fourth-order valence-corrected chi connectivity index (χ4v) is 8.28. The molecular weight excluding hydrogens is 677 g/mol. The van der Waals surface area contributed by atoms with Crippen LogP contribution in [0.15, 0.2) is 231 Å². The Morgan fingerprint density at radius 2 is 0.768 bits per heavy atom. The lowest BCUT2D eigenvalue weighted by Gasteiger charge is -2.27. The third-order valence-corrected chi connectivity index (χ3v) is 10.8. The summed E-state index contributed by atoms with van der Waals surface area (Å²) in [6.07, 6.45) is 0. The number of hydrogen-bond acceptors (Lipinski definition) is 1. The third kappa shape index (κ3) is 5.95. The van der Waals surface area contributed by atoms with E-state index in [1.807, 2.05) is 0 Å². The summed E-state index contributed by atoms with van der Waals surface area (Å²) in [4.78, 5) is 2.44. The maximum atomic E-state index is 2.44. The Hall–Kier alpha value is -7.42. The average Bonchev–Trinajstić information content (AvgIpc) is 3.63. The predicted molar refractivity (Wildman–Crippen MR) is 237 cm³/mol. The second-order valence-electron chi connectivity index (χ2n) is 14.1. The zero-order chi connectivity index (χ0) is 37.3. The van der Waals surface area contributed by atoms with Crippen molar-refractivity contribution in [1.82, 2.24) is 4.57 Å². The van der Waals surface area contributed by atoms with Gasteiger partial charge >= 0.3 is 0 Å². The van der Waals surface area contributed by atoms with Gasteiger partial charge in [0.15, 0.2) is 0 Å². The van der Waals surface area contributed by atoms with Crippen LogP contribution < -0.4 is 4.90 Å². The molecule has 1 aromatic heterocycles. The molecule has 9 aromatic carbocycles. The smallest absolute Gasteiger partial charge is 0.0562 e. The predicted octanol–water partition coefficient (Wildman–Crippen LogP) is 14.9. The molecule has 2 nitrogen and oxygen atoms in total. The second-order valence-corrected chi connectivity index (χ2v) is 14.1. The summed E-state index contributed by atoms with van der Waals surface area (Å²) in [7, 11) is 0. The first kappa shape index (κ1) is 33.2. The van der Waals surface area contributed by atoms with E-state index < -0.39 is 0 Å². The molecule has 0 aliphatic carbocycles.